The number of amides is 2. The number of thiazole rings is 1. The number of hydrogen-bond donors (Lipinski definition) is 2. The van der Waals surface area contributed by atoms with E-state index in [2.05, 4.69) is 15.6 Å². The number of carbonyl (C=O) groups is 2. The van der Waals surface area contributed by atoms with Crippen LogP contribution in [0.3, 0.4) is 0 Å². The van der Waals surface area contributed by atoms with E-state index in [1.807, 2.05) is 43.3 Å². The number of nitrogens with zero attached hydrogens (tertiary/aromatic N) is 2. The van der Waals surface area contributed by atoms with E-state index in [1.54, 1.807) is 35.5 Å². The first-order valence-electron chi connectivity index (χ1n) is 9.84. The van der Waals surface area contributed by atoms with Gasteiger partial charge in [-0.25, -0.2) is 4.98 Å². The predicted molar refractivity (Wildman–Crippen MR) is 120 cm³/mol. The molecule has 3 aromatic rings. The molecule has 1 heterocycles. The maximum Gasteiger partial charge on any atom is 0.238 e. The molecule has 0 spiro atoms. The van der Waals surface area contributed by atoms with Crippen LogP contribution in [0.5, 0.6) is 5.75 Å². The molecule has 158 valence electrons. The molecule has 0 atom stereocenters. The largest absolute Gasteiger partial charge is 0.497 e. The zero-order chi connectivity index (χ0) is 21.3. The minimum absolute atomic E-state index is 0.104. The molecule has 2 amide bonds. The van der Waals surface area contributed by atoms with Crippen molar-refractivity contribution in [2.75, 3.05) is 38.6 Å². The zero-order valence-corrected chi connectivity index (χ0v) is 18.0. The van der Waals surface area contributed by atoms with Crippen molar-refractivity contribution in [3.05, 3.63) is 53.5 Å². The summed E-state index contributed by atoms with van der Waals surface area (Å²) in [5, 5.41) is 6.75. The quantitative estimate of drug-likeness (QED) is 0.521. The van der Waals surface area contributed by atoms with Crippen molar-refractivity contribution >= 4 is 39.1 Å². The molecule has 0 fully saturated rings. The van der Waals surface area contributed by atoms with Gasteiger partial charge in [0, 0.05) is 24.7 Å². The first-order chi connectivity index (χ1) is 14.6. The summed E-state index contributed by atoms with van der Waals surface area (Å²) < 4.78 is 6.31. The van der Waals surface area contributed by atoms with Gasteiger partial charge in [-0.1, -0.05) is 25.1 Å². The fourth-order valence-electron chi connectivity index (χ4n) is 2.98. The van der Waals surface area contributed by atoms with Gasteiger partial charge < -0.3 is 15.4 Å². The van der Waals surface area contributed by atoms with E-state index in [4.69, 9.17) is 4.74 Å². The Kier molecular flexibility index (Phi) is 7.75. The fraction of sp³-hybridized carbons (Fsp3) is 0.318. The van der Waals surface area contributed by atoms with E-state index in [0.717, 1.165) is 15.2 Å². The molecule has 2 N–H and O–H groups in total. The SMILES string of the molecule is CCN(CC(=O)NCCc1nc2ccccc2s1)CC(=O)Nc1cccc(OC)c1. The molecular formula is C22H26N4O3S. The average Bonchev–Trinajstić information content (AvgIpc) is 3.16. The maximum atomic E-state index is 12.3. The highest BCUT2D eigenvalue weighted by Crippen LogP contribution is 2.21. The molecule has 0 saturated heterocycles. The smallest absolute Gasteiger partial charge is 0.238 e. The van der Waals surface area contributed by atoms with Gasteiger partial charge >= 0.3 is 0 Å². The van der Waals surface area contributed by atoms with E-state index in [9.17, 15) is 9.59 Å². The van der Waals surface area contributed by atoms with Gasteiger partial charge in [0.2, 0.25) is 11.8 Å². The van der Waals surface area contributed by atoms with Gasteiger partial charge in [0.15, 0.2) is 0 Å². The molecule has 0 unspecified atom stereocenters. The number of rotatable bonds is 10. The van der Waals surface area contributed by atoms with Gasteiger partial charge in [-0.2, -0.15) is 0 Å². The number of likely N-dealkylation sites (N-methyl/N-ethyl adjacent to an activating group) is 1. The van der Waals surface area contributed by atoms with Gasteiger partial charge in [0.25, 0.3) is 0 Å². The fourth-order valence-corrected chi connectivity index (χ4v) is 3.95. The third-order valence-electron chi connectivity index (χ3n) is 4.53. The number of benzene rings is 2. The van der Waals surface area contributed by atoms with E-state index < -0.39 is 0 Å². The van der Waals surface area contributed by atoms with Crippen LogP contribution in [0.4, 0.5) is 5.69 Å². The van der Waals surface area contributed by atoms with Crippen molar-refractivity contribution in [3.63, 3.8) is 0 Å². The molecule has 0 saturated carbocycles. The van der Waals surface area contributed by atoms with Crippen molar-refractivity contribution in [3.8, 4) is 5.75 Å². The predicted octanol–water partition coefficient (Wildman–Crippen LogP) is 2.92. The normalized spacial score (nSPS) is 10.9. The third kappa shape index (κ3) is 6.27. The Morgan fingerprint density at radius 3 is 2.67 bits per heavy atom. The van der Waals surface area contributed by atoms with E-state index in [0.29, 0.717) is 30.9 Å². The molecule has 3 rings (SSSR count). The lowest BCUT2D eigenvalue weighted by Gasteiger charge is -2.19. The van der Waals surface area contributed by atoms with E-state index in [1.165, 1.54) is 0 Å². The number of ether oxygens (including phenoxy) is 1. The Hall–Kier alpha value is -2.97. The second-order valence-corrected chi connectivity index (χ2v) is 7.87. The van der Waals surface area contributed by atoms with Gasteiger partial charge in [-0.3, -0.25) is 14.5 Å². The van der Waals surface area contributed by atoms with Crippen LogP contribution in [0.1, 0.15) is 11.9 Å². The molecule has 0 aliphatic rings. The van der Waals surface area contributed by atoms with Crippen LogP contribution in [-0.4, -0.2) is 55.0 Å². The highest BCUT2D eigenvalue weighted by atomic mass is 32.1. The molecule has 1 aromatic heterocycles. The molecule has 2 aromatic carbocycles. The zero-order valence-electron chi connectivity index (χ0n) is 17.2. The summed E-state index contributed by atoms with van der Waals surface area (Å²) in [4.78, 5) is 31.0. The molecule has 0 radical (unpaired) electrons. The van der Waals surface area contributed by atoms with Crippen LogP contribution in [0.25, 0.3) is 10.2 Å². The van der Waals surface area contributed by atoms with Gasteiger partial charge in [0.1, 0.15) is 5.75 Å². The van der Waals surface area contributed by atoms with Crippen molar-refractivity contribution < 1.29 is 14.3 Å². The molecule has 0 aliphatic carbocycles. The molecule has 8 heteroatoms. The number of carbonyl (C=O) groups excluding carboxylic acids is 2. The Balaban J connectivity index is 1.42. The lowest BCUT2D eigenvalue weighted by Crippen LogP contribution is -2.41. The summed E-state index contributed by atoms with van der Waals surface area (Å²) in [5.74, 6) is 0.396. The second-order valence-electron chi connectivity index (χ2n) is 6.76. The Bertz CT molecular complexity index is 972. The van der Waals surface area contributed by atoms with Crippen LogP contribution < -0.4 is 15.4 Å². The molecule has 30 heavy (non-hydrogen) atoms. The number of hydrogen-bond acceptors (Lipinski definition) is 6. The molecule has 0 aliphatic heterocycles. The molecule has 7 nitrogen and oxygen atoms in total. The summed E-state index contributed by atoms with van der Waals surface area (Å²) in [6.45, 7) is 3.34. The number of para-hydroxylation sites is 1. The monoisotopic (exact) mass is 426 g/mol. The van der Waals surface area contributed by atoms with Crippen molar-refractivity contribution in [2.24, 2.45) is 0 Å². The standard InChI is InChI=1S/C22H26N4O3S/c1-3-26(15-21(28)24-16-7-6-8-17(13-16)29-2)14-20(27)23-12-11-22-25-18-9-4-5-10-19(18)30-22/h4-10,13H,3,11-12,14-15H2,1-2H3,(H,23,27)(H,24,28). The van der Waals surface area contributed by atoms with E-state index >= 15 is 0 Å². The summed E-state index contributed by atoms with van der Waals surface area (Å²) in [5.41, 5.74) is 1.65. The van der Waals surface area contributed by atoms with Crippen LogP contribution in [0.2, 0.25) is 0 Å². The summed E-state index contributed by atoms with van der Waals surface area (Å²) >= 11 is 1.64. The van der Waals surface area contributed by atoms with Crippen molar-refractivity contribution in [1.82, 2.24) is 15.2 Å². The first-order valence-corrected chi connectivity index (χ1v) is 10.7. The lowest BCUT2D eigenvalue weighted by atomic mass is 10.3. The van der Waals surface area contributed by atoms with Crippen LogP contribution >= 0.6 is 11.3 Å². The average molecular weight is 427 g/mol. The maximum absolute atomic E-state index is 12.3. The van der Waals surface area contributed by atoms with Gasteiger partial charge in [0.05, 0.1) is 35.4 Å². The summed E-state index contributed by atoms with van der Waals surface area (Å²) in [6, 6.07) is 15.2. The van der Waals surface area contributed by atoms with Crippen molar-refractivity contribution in [1.29, 1.82) is 0 Å². The number of fused-ring (bicyclic) bond motifs is 1. The van der Waals surface area contributed by atoms with Crippen molar-refractivity contribution in [2.45, 2.75) is 13.3 Å². The summed E-state index contributed by atoms with van der Waals surface area (Å²) in [7, 11) is 1.58. The number of anilines is 1. The minimum Gasteiger partial charge on any atom is -0.497 e. The third-order valence-corrected chi connectivity index (χ3v) is 5.63. The molecular weight excluding hydrogens is 400 g/mol. The van der Waals surface area contributed by atoms with Crippen LogP contribution in [0.15, 0.2) is 48.5 Å². The first kappa shape index (κ1) is 21.7. The number of methoxy groups -OCH3 is 1. The Morgan fingerprint density at radius 1 is 1.10 bits per heavy atom. The van der Waals surface area contributed by atoms with Gasteiger partial charge in [-0.15, -0.1) is 11.3 Å². The number of aromatic nitrogens is 1. The van der Waals surface area contributed by atoms with Gasteiger partial charge in [-0.05, 0) is 30.8 Å². The molecule has 0 bridgehead atoms. The number of nitrogens with one attached hydrogen (secondary N) is 2. The highest BCUT2D eigenvalue weighted by molar-refractivity contribution is 7.18. The van der Waals surface area contributed by atoms with Crippen LogP contribution in [0, 0.1) is 0 Å². The Morgan fingerprint density at radius 2 is 1.90 bits per heavy atom. The Labute approximate surface area is 180 Å². The van der Waals surface area contributed by atoms with E-state index in [-0.39, 0.29) is 24.9 Å². The topological polar surface area (TPSA) is 83.6 Å². The van der Waals surface area contributed by atoms with Crippen LogP contribution in [-0.2, 0) is 16.0 Å². The lowest BCUT2D eigenvalue weighted by molar-refractivity contribution is -0.123. The minimum atomic E-state index is -0.174. The second kappa shape index (κ2) is 10.7. The highest BCUT2D eigenvalue weighted by Gasteiger charge is 2.13. The summed E-state index contributed by atoms with van der Waals surface area (Å²) in [6.07, 6.45) is 0.688.